The van der Waals surface area contributed by atoms with Crippen LogP contribution in [0.4, 0.5) is 0 Å². The van der Waals surface area contributed by atoms with Gasteiger partial charge in [0.05, 0.1) is 13.2 Å². The van der Waals surface area contributed by atoms with Crippen LogP contribution in [0.15, 0.2) is 65.7 Å². The Morgan fingerprint density at radius 1 is 0.960 bits per heavy atom. The van der Waals surface area contributed by atoms with Gasteiger partial charge in [0.25, 0.3) is 0 Å². The van der Waals surface area contributed by atoms with Crippen molar-refractivity contribution in [3.63, 3.8) is 0 Å². The quantitative estimate of drug-likeness (QED) is 0.638. The Bertz CT molecular complexity index is 882. The normalized spacial score (nSPS) is 12.8. The van der Waals surface area contributed by atoms with E-state index in [1.54, 1.807) is 13.2 Å². The zero-order valence-electron chi connectivity index (χ0n) is 14.8. The van der Waals surface area contributed by atoms with Crippen molar-refractivity contribution in [2.75, 3.05) is 7.11 Å². The second-order valence-corrected chi connectivity index (χ2v) is 6.46. The van der Waals surface area contributed by atoms with Gasteiger partial charge in [-0.15, -0.1) is 0 Å². The first-order valence-electron chi connectivity index (χ1n) is 8.48. The molecule has 0 saturated heterocycles. The van der Waals surface area contributed by atoms with Crippen molar-refractivity contribution in [1.82, 2.24) is 0 Å². The maximum Gasteiger partial charge on any atom is 0.121 e. The average molecular weight is 333 g/mol. The van der Waals surface area contributed by atoms with Crippen LogP contribution in [-0.2, 0) is 0 Å². The molecule has 0 radical (unpaired) electrons. The van der Waals surface area contributed by atoms with E-state index in [2.05, 4.69) is 19.9 Å². The monoisotopic (exact) mass is 333 g/mol. The third-order valence-electron chi connectivity index (χ3n) is 4.37. The van der Waals surface area contributed by atoms with E-state index >= 15 is 0 Å². The molecule has 3 aromatic rings. The fourth-order valence-corrected chi connectivity index (χ4v) is 3.03. The Hall–Kier alpha value is -2.81. The van der Waals surface area contributed by atoms with Gasteiger partial charge >= 0.3 is 0 Å². The van der Waals surface area contributed by atoms with Gasteiger partial charge in [-0.05, 0) is 52.6 Å². The number of hydrogen-bond acceptors (Lipinski definition) is 3. The molecule has 0 aliphatic carbocycles. The van der Waals surface area contributed by atoms with Crippen LogP contribution in [0.3, 0.4) is 0 Å². The average Bonchev–Trinajstić information content (AvgIpc) is 2.63. The molecule has 1 N–H and O–H groups in total. The summed E-state index contributed by atoms with van der Waals surface area (Å²) in [5.41, 5.74) is 1.89. The third-order valence-corrected chi connectivity index (χ3v) is 4.37. The Morgan fingerprint density at radius 2 is 1.68 bits per heavy atom. The zero-order chi connectivity index (χ0) is 17.8. The minimum Gasteiger partial charge on any atom is -0.508 e. The molecule has 0 aliphatic rings. The van der Waals surface area contributed by atoms with Gasteiger partial charge < -0.3 is 9.84 Å². The highest BCUT2D eigenvalue weighted by Gasteiger charge is 2.20. The molecule has 0 aliphatic heterocycles. The number of benzene rings is 3. The molecule has 3 aromatic carbocycles. The van der Waals surface area contributed by atoms with E-state index in [4.69, 9.17) is 9.73 Å². The van der Waals surface area contributed by atoms with Gasteiger partial charge in [-0.3, -0.25) is 4.99 Å². The minimum absolute atomic E-state index is 0.117. The van der Waals surface area contributed by atoms with E-state index in [0.29, 0.717) is 5.75 Å². The summed E-state index contributed by atoms with van der Waals surface area (Å²) in [6, 6.07) is 19.5. The number of aromatic hydroxyl groups is 1. The number of nitrogens with zero attached hydrogens (tertiary/aromatic N) is 1. The maximum absolute atomic E-state index is 10.5. The van der Waals surface area contributed by atoms with Crippen LogP contribution in [0.5, 0.6) is 11.5 Å². The molecule has 3 heteroatoms. The van der Waals surface area contributed by atoms with Gasteiger partial charge in [0.2, 0.25) is 0 Å². The number of phenolic OH excluding ortho intramolecular Hbond substituents is 1. The third kappa shape index (κ3) is 3.66. The highest BCUT2D eigenvalue weighted by molar-refractivity contribution is 5.88. The molecule has 0 heterocycles. The van der Waals surface area contributed by atoms with Crippen molar-refractivity contribution < 1.29 is 9.84 Å². The Morgan fingerprint density at radius 3 is 2.36 bits per heavy atom. The van der Waals surface area contributed by atoms with Gasteiger partial charge in [-0.1, -0.05) is 44.2 Å². The molecular weight excluding hydrogens is 310 g/mol. The van der Waals surface area contributed by atoms with Crippen LogP contribution in [0.25, 0.3) is 10.8 Å². The molecule has 25 heavy (non-hydrogen) atoms. The van der Waals surface area contributed by atoms with E-state index in [1.807, 2.05) is 54.7 Å². The molecule has 1 unspecified atom stereocenters. The lowest BCUT2D eigenvalue weighted by molar-refractivity contribution is 0.415. The van der Waals surface area contributed by atoms with E-state index in [-0.39, 0.29) is 12.0 Å². The van der Waals surface area contributed by atoms with E-state index in [1.165, 1.54) is 0 Å². The smallest absolute Gasteiger partial charge is 0.121 e. The minimum atomic E-state index is -0.117. The first kappa shape index (κ1) is 17.0. The summed E-state index contributed by atoms with van der Waals surface area (Å²) in [6.45, 7) is 4.24. The molecule has 3 nitrogen and oxygen atoms in total. The molecular formula is C22H23NO2. The first-order valence-corrected chi connectivity index (χ1v) is 8.48. The van der Waals surface area contributed by atoms with Gasteiger partial charge in [0.15, 0.2) is 0 Å². The van der Waals surface area contributed by atoms with Crippen LogP contribution in [0.1, 0.15) is 31.0 Å². The number of methoxy groups -OCH3 is 1. The SMILES string of the molecule is COc1ccc(C=NC(c2c(O)ccc3ccccc23)C(C)C)cc1. The largest absolute Gasteiger partial charge is 0.508 e. The number of aliphatic imine (C=N–C) groups is 1. The maximum atomic E-state index is 10.5. The van der Waals surface area contributed by atoms with Crippen molar-refractivity contribution in [3.8, 4) is 11.5 Å². The van der Waals surface area contributed by atoms with Crippen LogP contribution in [0, 0.1) is 5.92 Å². The molecule has 0 spiro atoms. The van der Waals surface area contributed by atoms with Crippen LogP contribution in [0.2, 0.25) is 0 Å². The summed E-state index contributed by atoms with van der Waals surface area (Å²) >= 11 is 0. The van der Waals surface area contributed by atoms with Crippen molar-refractivity contribution >= 4 is 17.0 Å². The van der Waals surface area contributed by atoms with Gasteiger partial charge in [0, 0.05) is 11.8 Å². The fraction of sp³-hybridized carbons (Fsp3) is 0.227. The fourth-order valence-electron chi connectivity index (χ4n) is 3.03. The zero-order valence-corrected chi connectivity index (χ0v) is 14.8. The summed E-state index contributed by atoms with van der Waals surface area (Å²) in [7, 11) is 1.65. The van der Waals surface area contributed by atoms with E-state index in [9.17, 15) is 5.11 Å². The summed E-state index contributed by atoms with van der Waals surface area (Å²) in [5.74, 6) is 1.37. The second-order valence-electron chi connectivity index (χ2n) is 6.46. The van der Waals surface area contributed by atoms with E-state index < -0.39 is 0 Å². The Kier molecular flexibility index (Phi) is 5.03. The summed E-state index contributed by atoms with van der Waals surface area (Å²) < 4.78 is 5.19. The molecule has 0 fully saturated rings. The second kappa shape index (κ2) is 7.39. The molecule has 128 valence electrons. The summed E-state index contributed by atoms with van der Waals surface area (Å²) in [6.07, 6.45) is 1.87. The van der Waals surface area contributed by atoms with Gasteiger partial charge in [0.1, 0.15) is 11.5 Å². The standard InChI is InChI=1S/C22H23NO2/c1-15(2)22(23-14-16-8-11-18(25-3)12-9-16)21-19-7-5-4-6-17(19)10-13-20(21)24/h4-15,22,24H,1-3H3. The van der Waals surface area contributed by atoms with Crippen LogP contribution in [-0.4, -0.2) is 18.4 Å². The first-order chi connectivity index (χ1) is 12.1. The van der Waals surface area contributed by atoms with Crippen molar-refractivity contribution in [3.05, 3.63) is 71.8 Å². The Labute approximate surface area is 148 Å². The molecule has 0 amide bonds. The summed E-state index contributed by atoms with van der Waals surface area (Å²) in [4.78, 5) is 4.80. The number of rotatable bonds is 5. The van der Waals surface area contributed by atoms with E-state index in [0.717, 1.165) is 27.6 Å². The molecule has 1 atom stereocenters. The lowest BCUT2D eigenvalue weighted by atomic mass is 9.91. The Balaban J connectivity index is 2.02. The van der Waals surface area contributed by atoms with Crippen molar-refractivity contribution in [2.24, 2.45) is 10.9 Å². The highest BCUT2D eigenvalue weighted by atomic mass is 16.5. The number of hydrogen-bond donors (Lipinski definition) is 1. The van der Waals surface area contributed by atoms with Crippen LogP contribution >= 0.6 is 0 Å². The van der Waals surface area contributed by atoms with Gasteiger partial charge in [-0.2, -0.15) is 0 Å². The predicted octanol–water partition coefficient (Wildman–Crippen LogP) is 5.37. The molecule has 3 rings (SSSR count). The molecule has 0 bridgehead atoms. The van der Waals surface area contributed by atoms with Crippen molar-refractivity contribution in [2.45, 2.75) is 19.9 Å². The molecule has 0 saturated carbocycles. The number of ether oxygens (including phenoxy) is 1. The number of fused-ring (bicyclic) bond motifs is 1. The highest BCUT2D eigenvalue weighted by Crippen LogP contribution is 2.38. The summed E-state index contributed by atoms with van der Waals surface area (Å²) in [5, 5.41) is 12.7. The lowest BCUT2D eigenvalue weighted by Gasteiger charge is -2.20. The topological polar surface area (TPSA) is 41.8 Å². The molecule has 0 aromatic heterocycles. The van der Waals surface area contributed by atoms with Crippen LogP contribution < -0.4 is 4.74 Å². The number of phenols is 1. The predicted molar refractivity (Wildman–Crippen MR) is 104 cm³/mol. The lowest BCUT2D eigenvalue weighted by Crippen LogP contribution is -2.06. The van der Waals surface area contributed by atoms with Crippen molar-refractivity contribution in [1.29, 1.82) is 0 Å². The van der Waals surface area contributed by atoms with Gasteiger partial charge in [-0.25, -0.2) is 0 Å².